The Kier molecular flexibility index (Phi) is 2.58. The molecule has 0 amide bonds. The number of aromatic nitrogens is 1. The SMILES string of the molecule is CN1CC[C@]2(c3ccc4[nH]c(=O)oc4c3)CCCC[C@H]12. The maximum absolute atomic E-state index is 11.3. The Morgan fingerprint density at radius 2 is 2.25 bits per heavy atom. The van der Waals surface area contributed by atoms with Crippen molar-refractivity contribution >= 4 is 11.1 Å². The first-order valence-corrected chi connectivity index (χ1v) is 7.53. The minimum Gasteiger partial charge on any atom is -0.408 e. The molecule has 1 aromatic heterocycles. The molecule has 1 N–H and O–H groups in total. The summed E-state index contributed by atoms with van der Waals surface area (Å²) in [5, 5.41) is 0. The smallest absolute Gasteiger partial charge is 0.408 e. The molecule has 2 aliphatic rings. The molecule has 4 nitrogen and oxygen atoms in total. The first kappa shape index (κ1) is 12.2. The second kappa shape index (κ2) is 4.22. The van der Waals surface area contributed by atoms with E-state index in [2.05, 4.69) is 29.1 Å². The first-order chi connectivity index (χ1) is 9.69. The second-order valence-corrected chi connectivity index (χ2v) is 6.37. The van der Waals surface area contributed by atoms with Gasteiger partial charge in [-0.25, -0.2) is 4.79 Å². The highest BCUT2D eigenvalue weighted by Crippen LogP contribution is 2.48. The van der Waals surface area contributed by atoms with Crippen molar-refractivity contribution in [2.75, 3.05) is 13.6 Å². The van der Waals surface area contributed by atoms with Gasteiger partial charge in [-0.3, -0.25) is 4.98 Å². The minimum absolute atomic E-state index is 0.261. The van der Waals surface area contributed by atoms with Gasteiger partial charge in [-0.1, -0.05) is 18.9 Å². The van der Waals surface area contributed by atoms with Crippen molar-refractivity contribution in [2.45, 2.75) is 43.6 Å². The van der Waals surface area contributed by atoms with Crippen LogP contribution in [-0.2, 0) is 5.41 Å². The van der Waals surface area contributed by atoms with Gasteiger partial charge in [0.1, 0.15) is 0 Å². The van der Waals surface area contributed by atoms with E-state index in [9.17, 15) is 4.79 Å². The average Bonchev–Trinajstić information content (AvgIpc) is 2.99. The lowest BCUT2D eigenvalue weighted by Crippen LogP contribution is -2.43. The molecule has 2 fully saturated rings. The van der Waals surface area contributed by atoms with Crippen molar-refractivity contribution in [3.05, 3.63) is 34.3 Å². The zero-order chi connectivity index (χ0) is 13.7. The lowest BCUT2D eigenvalue weighted by molar-refractivity contribution is 0.182. The summed E-state index contributed by atoms with van der Waals surface area (Å²) in [5.41, 5.74) is 3.10. The standard InChI is InChI=1S/C16H20N2O2/c1-18-9-8-16(7-3-2-4-14(16)18)11-5-6-12-13(10-11)20-15(19)17-12/h5-6,10,14H,2-4,7-9H2,1H3,(H,17,19)/t14-,16-/m0/s1. The lowest BCUT2D eigenvalue weighted by atomic mass is 9.66. The molecule has 106 valence electrons. The predicted octanol–water partition coefficient (Wildman–Crippen LogP) is 2.64. The number of benzene rings is 1. The van der Waals surface area contributed by atoms with Crippen LogP contribution < -0.4 is 5.76 Å². The van der Waals surface area contributed by atoms with E-state index in [1.165, 1.54) is 44.2 Å². The van der Waals surface area contributed by atoms with Gasteiger partial charge < -0.3 is 9.32 Å². The van der Waals surface area contributed by atoms with Crippen molar-refractivity contribution in [1.29, 1.82) is 0 Å². The van der Waals surface area contributed by atoms with E-state index in [4.69, 9.17) is 4.42 Å². The Labute approximate surface area is 117 Å². The number of aromatic amines is 1. The monoisotopic (exact) mass is 272 g/mol. The van der Waals surface area contributed by atoms with Crippen LogP contribution in [0.5, 0.6) is 0 Å². The molecule has 1 aliphatic carbocycles. The maximum atomic E-state index is 11.3. The normalized spacial score (nSPS) is 30.8. The minimum atomic E-state index is -0.363. The number of rotatable bonds is 1. The molecule has 0 unspecified atom stereocenters. The number of nitrogens with zero attached hydrogens (tertiary/aromatic N) is 1. The van der Waals surface area contributed by atoms with Crippen molar-refractivity contribution < 1.29 is 4.42 Å². The predicted molar refractivity (Wildman–Crippen MR) is 78.0 cm³/mol. The largest absolute Gasteiger partial charge is 0.417 e. The number of oxazole rings is 1. The van der Waals surface area contributed by atoms with E-state index in [-0.39, 0.29) is 11.2 Å². The molecule has 0 bridgehead atoms. The van der Waals surface area contributed by atoms with Crippen molar-refractivity contribution in [2.24, 2.45) is 0 Å². The summed E-state index contributed by atoms with van der Waals surface area (Å²) in [6.45, 7) is 1.17. The Hall–Kier alpha value is -1.55. The van der Waals surface area contributed by atoms with Crippen LogP contribution in [0.1, 0.15) is 37.7 Å². The molecule has 2 aromatic rings. The van der Waals surface area contributed by atoms with E-state index in [1.54, 1.807) is 0 Å². The fourth-order valence-electron chi connectivity index (χ4n) is 4.42. The topological polar surface area (TPSA) is 49.2 Å². The highest BCUT2D eigenvalue weighted by Gasteiger charge is 2.48. The zero-order valence-electron chi connectivity index (χ0n) is 11.8. The molecule has 4 heteroatoms. The second-order valence-electron chi connectivity index (χ2n) is 6.37. The molecular weight excluding hydrogens is 252 g/mol. The van der Waals surface area contributed by atoms with Crippen molar-refractivity contribution in [3.8, 4) is 0 Å². The molecule has 1 saturated heterocycles. The van der Waals surface area contributed by atoms with Crippen LogP contribution in [0, 0.1) is 0 Å². The Morgan fingerprint density at radius 1 is 1.35 bits per heavy atom. The van der Waals surface area contributed by atoms with Crippen LogP contribution in [0.25, 0.3) is 11.1 Å². The van der Waals surface area contributed by atoms with E-state index in [0.717, 1.165) is 5.52 Å². The first-order valence-electron chi connectivity index (χ1n) is 7.53. The van der Waals surface area contributed by atoms with Crippen LogP contribution in [0.2, 0.25) is 0 Å². The number of H-pyrrole nitrogens is 1. The van der Waals surface area contributed by atoms with Gasteiger partial charge in [-0.15, -0.1) is 0 Å². The molecule has 4 rings (SSSR count). The third-order valence-corrected chi connectivity index (χ3v) is 5.43. The summed E-state index contributed by atoms with van der Waals surface area (Å²) in [4.78, 5) is 16.6. The Morgan fingerprint density at radius 3 is 3.15 bits per heavy atom. The van der Waals surface area contributed by atoms with E-state index >= 15 is 0 Å². The van der Waals surface area contributed by atoms with Crippen LogP contribution >= 0.6 is 0 Å². The molecular formula is C16H20N2O2. The summed E-state index contributed by atoms with van der Waals surface area (Å²) in [5.74, 6) is -0.363. The van der Waals surface area contributed by atoms with Crippen LogP contribution in [-0.4, -0.2) is 29.5 Å². The van der Waals surface area contributed by atoms with Crippen LogP contribution in [0.3, 0.4) is 0 Å². The molecule has 20 heavy (non-hydrogen) atoms. The molecule has 1 saturated carbocycles. The number of hydrogen-bond donors (Lipinski definition) is 1. The zero-order valence-corrected chi connectivity index (χ0v) is 11.8. The van der Waals surface area contributed by atoms with Gasteiger partial charge in [0.25, 0.3) is 0 Å². The number of likely N-dealkylation sites (tertiary alicyclic amines) is 1. The van der Waals surface area contributed by atoms with Crippen molar-refractivity contribution in [3.63, 3.8) is 0 Å². The number of fused-ring (bicyclic) bond motifs is 2. The van der Waals surface area contributed by atoms with E-state index in [1.807, 2.05) is 6.07 Å². The number of hydrogen-bond acceptors (Lipinski definition) is 3. The Balaban J connectivity index is 1.85. The number of nitrogens with one attached hydrogen (secondary N) is 1. The molecule has 0 spiro atoms. The third kappa shape index (κ3) is 1.61. The fourth-order valence-corrected chi connectivity index (χ4v) is 4.42. The van der Waals surface area contributed by atoms with Gasteiger partial charge in [-0.2, -0.15) is 0 Å². The fraction of sp³-hybridized carbons (Fsp3) is 0.562. The summed E-state index contributed by atoms with van der Waals surface area (Å²) in [7, 11) is 2.24. The summed E-state index contributed by atoms with van der Waals surface area (Å²) in [6, 6.07) is 6.91. The van der Waals surface area contributed by atoms with Gasteiger partial charge in [0.15, 0.2) is 5.58 Å². The maximum Gasteiger partial charge on any atom is 0.417 e. The van der Waals surface area contributed by atoms with E-state index < -0.39 is 0 Å². The van der Waals surface area contributed by atoms with Gasteiger partial charge >= 0.3 is 5.76 Å². The van der Waals surface area contributed by atoms with Crippen molar-refractivity contribution in [1.82, 2.24) is 9.88 Å². The highest BCUT2D eigenvalue weighted by atomic mass is 16.4. The molecule has 2 heterocycles. The van der Waals surface area contributed by atoms with Gasteiger partial charge in [0.2, 0.25) is 0 Å². The Bertz CT molecular complexity index is 698. The van der Waals surface area contributed by atoms with Crippen LogP contribution in [0.15, 0.2) is 27.4 Å². The third-order valence-electron chi connectivity index (χ3n) is 5.43. The lowest BCUT2D eigenvalue weighted by Gasteiger charge is -2.41. The highest BCUT2D eigenvalue weighted by molar-refractivity contribution is 5.73. The summed E-state index contributed by atoms with van der Waals surface area (Å²) >= 11 is 0. The van der Waals surface area contributed by atoms with Gasteiger partial charge in [0, 0.05) is 11.5 Å². The van der Waals surface area contributed by atoms with Gasteiger partial charge in [0.05, 0.1) is 5.52 Å². The van der Waals surface area contributed by atoms with Gasteiger partial charge in [-0.05, 0) is 50.6 Å². The number of likely N-dealkylation sites (N-methyl/N-ethyl adjacent to an activating group) is 1. The summed E-state index contributed by atoms with van der Waals surface area (Å²) < 4.78 is 5.25. The van der Waals surface area contributed by atoms with Crippen LogP contribution in [0.4, 0.5) is 0 Å². The summed E-state index contributed by atoms with van der Waals surface area (Å²) in [6.07, 6.45) is 6.39. The quantitative estimate of drug-likeness (QED) is 0.868. The molecule has 1 aromatic carbocycles. The van der Waals surface area contributed by atoms with E-state index in [0.29, 0.717) is 11.6 Å². The average molecular weight is 272 g/mol. The molecule has 2 atom stereocenters. The molecule has 0 radical (unpaired) electrons. The molecule has 1 aliphatic heterocycles.